The van der Waals surface area contributed by atoms with Crippen LogP contribution in [0.5, 0.6) is 0 Å². The van der Waals surface area contributed by atoms with Crippen molar-refractivity contribution in [2.45, 2.75) is 33.1 Å². The van der Waals surface area contributed by atoms with E-state index in [-0.39, 0.29) is 0 Å². The molecule has 0 N–H and O–H groups in total. The van der Waals surface area contributed by atoms with Crippen LogP contribution < -0.4 is 0 Å². The van der Waals surface area contributed by atoms with Crippen molar-refractivity contribution in [2.75, 3.05) is 19.6 Å². The van der Waals surface area contributed by atoms with Crippen LogP contribution >= 0.6 is 0 Å². The summed E-state index contributed by atoms with van der Waals surface area (Å²) in [7, 11) is 0. The largest absolute Gasteiger partial charge is 0.441 e. The average Bonchev–Trinajstić information content (AvgIpc) is 3.54. The normalized spacial score (nSPS) is 14.4. The van der Waals surface area contributed by atoms with Gasteiger partial charge in [-0.2, -0.15) is 0 Å². The van der Waals surface area contributed by atoms with Crippen LogP contribution in [0.1, 0.15) is 30.2 Å². The Morgan fingerprint density at radius 2 is 1.32 bits per heavy atom. The van der Waals surface area contributed by atoms with E-state index in [4.69, 9.17) is 13.8 Å². The van der Waals surface area contributed by atoms with Gasteiger partial charge in [0.15, 0.2) is 0 Å². The molecule has 0 amide bonds. The number of nitrogens with zero attached hydrogens (tertiary/aromatic N) is 4. The second-order valence-corrected chi connectivity index (χ2v) is 8.10. The number of aromatic nitrogens is 3. The Hall–Kier alpha value is -3.25. The van der Waals surface area contributed by atoms with E-state index in [1.54, 1.807) is 6.92 Å². The first-order chi connectivity index (χ1) is 15.2. The number of aryl methyl sites for hydroxylation is 2. The van der Waals surface area contributed by atoms with E-state index in [2.05, 4.69) is 51.5 Å². The summed E-state index contributed by atoms with van der Waals surface area (Å²) in [6.07, 6.45) is 3.57. The summed E-state index contributed by atoms with van der Waals surface area (Å²) in [5.74, 6) is 2.72. The van der Waals surface area contributed by atoms with Gasteiger partial charge in [0.1, 0.15) is 5.76 Å². The first kappa shape index (κ1) is 19.7. The Kier molecular flexibility index (Phi) is 5.38. The second-order valence-electron chi connectivity index (χ2n) is 8.10. The summed E-state index contributed by atoms with van der Waals surface area (Å²) in [5, 5.41) is 7.96. The third-order valence-corrected chi connectivity index (χ3v) is 5.88. The Morgan fingerprint density at radius 1 is 0.742 bits per heavy atom. The van der Waals surface area contributed by atoms with E-state index < -0.39 is 0 Å². The van der Waals surface area contributed by atoms with E-state index in [1.165, 1.54) is 25.9 Å². The van der Waals surface area contributed by atoms with Gasteiger partial charge in [0.2, 0.25) is 17.7 Å². The number of rotatable bonds is 6. The van der Waals surface area contributed by atoms with Gasteiger partial charge in [0.25, 0.3) is 0 Å². The molecule has 158 valence electrons. The number of benzene rings is 2. The molecule has 6 nitrogen and oxygen atoms in total. The zero-order valence-corrected chi connectivity index (χ0v) is 18.0. The van der Waals surface area contributed by atoms with Gasteiger partial charge in [0.05, 0.1) is 5.69 Å². The summed E-state index contributed by atoms with van der Waals surface area (Å²) >= 11 is 0. The molecule has 31 heavy (non-hydrogen) atoms. The van der Waals surface area contributed by atoms with Gasteiger partial charge in [-0.15, -0.1) is 10.2 Å². The zero-order chi connectivity index (χ0) is 21.2. The molecule has 6 heteroatoms. The summed E-state index contributed by atoms with van der Waals surface area (Å²) in [6.45, 7) is 7.28. The van der Waals surface area contributed by atoms with Gasteiger partial charge in [-0.25, -0.2) is 4.98 Å². The molecule has 4 aromatic rings. The first-order valence-electron chi connectivity index (χ1n) is 10.9. The molecule has 0 bridgehead atoms. The Balaban J connectivity index is 1.29. The highest BCUT2D eigenvalue weighted by Gasteiger charge is 2.15. The molecule has 3 heterocycles. The lowest BCUT2D eigenvalue weighted by Crippen LogP contribution is -2.22. The van der Waals surface area contributed by atoms with Gasteiger partial charge in [-0.1, -0.05) is 24.3 Å². The van der Waals surface area contributed by atoms with Crippen molar-refractivity contribution in [1.82, 2.24) is 20.1 Å². The summed E-state index contributed by atoms with van der Waals surface area (Å²) in [6, 6.07) is 16.5. The van der Waals surface area contributed by atoms with Crippen molar-refractivity contribution in [1.29, 1.82) is 0 Å². The molecule has 0 aliphatic carbocycles. The maximum atomic E-state index is 5.98. The monoisotopic (exact) mass is 414 g/mol. The predicted molar refractivity (Wildman–Crippen MR) is 120 cm³/mol. The summed E-state index contributed by atoms with van der Waals surface area (Å²) in [4.78, 5) is 7.28. The second kappa shape index (κ2) is 8.47. The SMILES string of the molecule is Cc1nnc(-c2ccc(-c3ccc(-c4nc(CCN5CCCC5)c(C)o4)cc3)cc2)o1. The number of hydrogen-bond donors (Lipinski definition) is 0. The van der Waals surface area contributed by atoms with E-state index >= 15 is 0 Å². The molecule has 0 spiro atoms. The molecule has 0 saturated carbocycles. The molecule has 0 atom stereocenters. The first-order valence-corrected chi connectivity index (χ1v) is 10.9. The van der Waals surface area contributed by atoms with Gasteiger partial charge >= 0.3 is 0 Å². The third-order valence-electron chi connectivity index (χ3n) is 5.88. The fraction of sp³-hybridized carbons (Fsp3) is 0.320. The van der Waals surface area contributed by atoms with Crippen molar-refractivity contribution in [3.05, 3.63) is 65.9 Å². The van der Waals surface area contributed by atoms with E-state index in [1.807, 2.05) is 19.1 Å². The molecule has 0 unspecified atom stereocenters. The van der Waals surface area contributed by atoms with Crippen LogP contribution in [0.2, 0.25) is 0 Å². The summed E-state index contributed by atoms with van der Waals surface area (Å²) in [5.41, 5.74) is 5.24. The zero-order valence-electron chi connectivity index (χ0n) is 18.0. The number of hydrogen-bond acceptors (Lipinski definition) is 6. The molecule has 0 radical (unpaired) electrons. The minimum absolute atomic E-state index is 0.541. The Labute approximate surface area is 181 Å². The molecule has 1 saturated heterocycles. The quantitative estimate of drug-likeness (QED) is 0.426. The molecule has 1 aliphatic rings. The fourth-order valence-electron chi connectivity index (χ4n) is 4.08. The molecule has 2 aromatic carbocycles. The minimum atomic E-state index is 0.541. The van der Waals surface area contributed by atoms with Crippen LogP contribution in [0.25, 0.3) is 34.0 Å². The van der Waals surface area contributed by atoms with E-state index in [9.17, 15) is 0 Å². The van der Waals surface area contributed by atoms with Crippen LogP contribution in [-0.2, 0) is 6.42 Å². The van der Waals surface area contributed by atoms with Crippen molar-refractivity contribution in [3.63, 3.8) is 0 Å². The van der Waals surface area contributed by atoms with Crippen LogP contribution in [-0.4, -0.2) is 39.7 Å². The van der Waals surface area contributed by atoms with Crippen molar-refractivity contribution < 1.29 is 8.83 Å². The highest BCUT2D eigenvalue weighted by Crippen LogP contribution is 2.28. The maximum Gasteiger partial charge on any atom is 0.247 e. The van der Waals surface area contributed by atoms with Crippen molar-refractivity contribution in [3.8, 4) is 34.0 Å². The Morgan fingerprint density at radius 3 is 1.90 bits per heavy atom. The number of likely N-dealkylation sites (tertiary alicyclic amines) is 1. The van der Waals surface area contributed by atoms with Crippen molar-refractivity contribution >= 4 is 0 Å². The highest BCUT2D eigenvalue weighted by molar-refractivity contribution is 5.69. The molecule has 5 rings (SSSR count). The topological polar surface area (TPSA) is 68.2 Å². The lowest BCUT2D eigenvalue weighted by molar-refractivity contribution is 0.341. The predicted octanol–water partition coefficient (Wildman–Crippen LogP) is 5.31. The van der Waals surface area contributed by atoms with E-state index in [0.717, 1.165) is 46.7 Å². The average molecular weight is 415 g/mol. The van der Waals surface area contributed by atoms with Crippen LogP contribution in [0.3, 0.4) is 0 Å². The molecular formula is C25H26N4O2. The van der Waals surface area contributed by atoms with Crippen LogP contribution in [0, 0.1) is 13.8 Å². The van der Waals surface area contributed by atoms with Crippen LogP contribution in [0.4, 0.5) is 0 Å². The molecule has 2 aromatic heterocycles. The molecular weight excluding hydrogens is 388 g/mol. The summed E-state index contributed by atoms with van der Waals surface area (Å²) < 4.78 is 11.5. The smallest absolute Gasteiger partial charge is 0.247 e. The van der Waals surface area contributed by atoms with Gasteiger partial charge < -0.3 is 13.7 Å². The van der Waals surface area contributed by atoms with Gasteiger partial charge in [0, 0.05) is 31.0 Å². The molecule has 1 fully saturated rings. The standard InChI is InChI=1S/C25H26N4O2/c1-17-23(13-16-29-14-3-4-15-29)26-24(30-17)21-9-5-19(6-10-21)20-7-11-22(12-8-20)25-28-27-18(2)31-25/h5-12H,3-4,13-16H2,1-2H3. The van der Waals surface area contributed by atoms with Crippen LogP contribution in [0.15, 0.2) is 57.4 Å². The van der Waals surface area contributed by atoms with E-state index in [0.29, 0.717) is 17.7 Å². The minimum Gasteiger partial charge on any atom is -0.441 e. The number of oxazole rings is 1. The van der Waals surface area contributed by atoms with Gasteiger partial charge in [-0.3, -0.25) is 0 Å². The Bertz CT molecular complexity index is 1150. The highest BCUT2D eigenvalue weighted by atomic mass is 16.4. The van der Waals surface area contributed by atoms with Gasteiger partial charge in [-0.05, 0) is 68.2 Å². The fourth-order valence-corrected chi connectivity index (χ4v) is 4.08. The third kappa shape index (κ3) is 4.30. The lowest BCUT2D eigenvalue weighted by atomic mass is 10.0. The lowest BCUT2D eigenvalue weighted by Gasteiger charge is -2.12. The van der Waals surface area contributed by atoms with Crippen molar-refractivity contribution in [2.24, 2.45) is 0 Å². The maximum absolute atomic E-state index is 5.98. The molecule has 1 aliphatic heterocycles.